The van der Waals surface area contributed by atoms with E-state index in [-0.39, 0.29) is 17.2 Å². The van der Waals surface area contributed by atoms with Crippen molar-refractivity contribution in [3.05, 3.63) is 23.8 Å². The van der Waals surface area contributed by atoms with Crippen LogP contribution < -0.4 is 0 Å². The Balaban J connectivity index is 1.65. The second-order valence-electron chi connectivity index (χ2n) is 8.18. The summed E-state index contributed by atoms with van der Waals surface area (Å²) in [7, 11) is 0. The third kappa shape index (κ3) is 5.21. The van der Waals surface area contributed by atoms with Gasteiger partial charge in [0.2, 0.25) is 11.8 Å². The smallest absolute Gasteiger partial charge is 0.232 e. The predicted molar refractivity (Wildman–Crippen MR) is 107 cm³/mol. The third-order valence-electron chi connectivity index (χ3n) is 5.49. The molecular formula is C20H30N4O2S. The van der Waals surface area contributed by atoms with E-state index >= 15 is 0 Å². The van der Waals surface area contributed by atoms with Crippen molar-refractivity contribution in [2.24, 2.45) is 5.41 Å². The quantitative estimate of drug-likeness (QED) is 0.773. The van der Waals surface area contributed by atoms with Gasteiger partial charge in [-0.3, -0.25) is 19.6 Å². The summed E-state index contributed by atoms with van der Waals surface area (Å²) in [5.74, 6) is 0.970. The number of aromatic nitrogens is 2. The number of carbonyl (C=O) groups is 2. The zero-order valence-electron chi connectivity index (χ0n) is 16.6. The van der Waals surface area contributed by atoms with Gasteiger partial charge in [0.1, 0.15) is 0 Å². The molecule has 1 aromatic heterocycles. The number of nitrogens with zero attached hydrogens (tertiary/aromatic N) is 4. The van der Waals surface area contributed by atoms with E-state index in [1.165, 1.54) is 0 Å². The maximum Gasteiger partial charge on any atom is 0.232 e. The lowest BCUT2D eigenvalue weighted by Crippen LogP contribution is -2.55. The van der Waals surface area contributed by atoms with Crippen molar-refractivity contribution in [1.82, 2.24) is 19.8 Å². The fourth-order valence-corrected chi connectivity index (χ4v) is 4.68. The number of thioether (sulfide) groups is 1. The highest BCUT2D eigenvalue weighted by Gasteiger charge is 2.42. The van der Waals surface area contributed by atoms with Gasteiger partial charge in [-0.2, -0.15) is 0 Å². The van der Waals surface area contributed by atoms with Crippen molar-refractivity contribution < 1.29 is 9.59 Å². The van der Waals surface area contributed by atoms with Gasteiger partial charge in [-0.15, -0.1) is 11.8 Å². The number of carbonyl (C=O) groups excluding carboxylic acids is 2. The zero-order chi connectivity index (χ0) is 19.4. The molecule has 6 nitrogen and oxygen atoms in total. The molecule has 0 N–H and O–H groups in total. The topological polar surface area (TPSA) is 66.4 Å². The molecule has 3 heterocycles. The summed E-state index contributed by atoms with van der Waals surface area (Å²) in [6.45, 7) is 8.98. The highest BCUT2D eigenvalue weighted by atomic mass is 32.2. The summed E-state index contributed by atoms with van der Waals surface area (Å²) in [5, 5.41) is 0.464. The van der Waals surface area contributed by atoms with E-state index in [1.807, 2.05) is 16.7 Å². The van der Waals surface area contributed by atoms with Crippen LogP contribution in [0.15, 0.2) is 12.4 Å². The Labute approximate surface area is 166 Å². The Kier molecular flexibility index (Phi) is 6.40. The predicted octanol–water partition coefficient (Wildman–Crippen LogP) is 2.66. The SMILES string of the molecule is Cc1cnc(CN2CC3(CCCN(C(=O)CSC(C)C)C3)CCC2=O)cn1. The molecular weight excluding hydrogens is 360 g/mol. The maximum absolute atomic E-state index is 12.6. The first kappa shape index (κ1) is 20.1. The van der Waals surface area contributed by atoms with Gasteiger partial charge in [-0.05, 0) is 31.4 Å². The van der Waals surface area contributed by atoms with Crippen LogP contribution in [0.25, 0.3) is 0 Å². The molecule has 2 amide bonds. The summed E-state index contributed by atoms with van der Waals surface area (Å²) in [6.07, 6.45) is 7.03. The number of hydrogen-bond donors (Lipinski definition) is 0. The molecule has 2 saturated heterocycles. The summed E-state index contributed by atoms with van der Waals surface area (Å²) in [6, 6.07) is 0. The molecule has 1 aromatic rings. The Morgan fingerprint density at radius 1 is 1.26 bits per heavy atom. The van der Waals surface area contributed by atoms with Gasteiger partial charge < -0.3 is 9.80 Å². The minimum absolute atomic E-state index is 0.0302. The van der Waals surface area contributed by atoms with Crippen LogP contribution in [0.2, 0.25) is 0 Å². The van der Waals surface area contributed by atoms with Gasteiger partial charge in [-0.25, -0.2) is 0 Å². The highest BCUT2D eigenvalue weighted by Crippen LogP contribution is 2.39. The number of rotatable bonds is 5. The molecule has 0 bridgehead atoms. The average Bonchev–Trinajstić information content (AvgIpc) is 2.65. The normalized spacial score (nSPS) is 23.3. The molecule has 2 fully saturated rings. The lowest BCUT2D eigenvalue weighted by molar-refractivity contribution is -0.142. The second kappa shape index (κ2) is 8.59. The molecule has 0 aromatic carbocycles. The monoisotopic (exact) mass is 390 g/mol. The van der Waals surface area contributed by atoms with Crippen LogP contribution in [0.5, 0.6) is 0 Å². The van der Waals surface area contributed by atoms with E-state index < -0.39 is 0 Å². The van der Waals surface area contributed by atoms with Crippen LogP contribution in [0, 0.1) is 12.3 Å². The first-order valence-electron chi connectivity index (χ1n) is 9.82. The third-order valence-corrected chi connectivity index (χ3v) is 6.57. The zero-order valence-corrected chi connectivity index (χ0v) is 17.4. The standard InChI is InChI=1S/C20H30N4O2S/c1-15(2)27-12-19(26)23-8-4-6-20(13-23)7-5-18(25)24(14-20)11-17-10-21-16(3)9-22-17/h9-10,15H,4-8,11-14H2,1-3H3. The van der Waals surface area contributed by atoms with Gasteiger partial charge >= 0.3 is 0 Å². The van der Waals surface area contributed by atoms with Gasteiger partial charge in [0, 0.05) is 37.7 Å². The van der Waals surface area contributed by atoms with Crippen LogP contribution in [-0.2, 0) is 16.1 Å². The van der Waals surface area contributed by atoms with Crippen molar-refractivity contribution in [3.8, 4) is 0 Å². The van der Waals surface area contributed by atoms with E-state index in [9.17, 15) is 9.59 Å². The van der Waals surface area contributed by atoms with Crippen molar-refractivity contribution in [3.63, 3.8) is 0 Å². The molecule has 7 heteroatoms. The molecule has 0 saturated carbocycles. The fraction of sp³-hybridized carbons (Fsp3) is 0.700. The number of likely N-dealkylation sites (tertiary alicyclic amines) is 2. The van der Waals surface area contributed by atoms with E-state index in [4.69, 9.17) is 0 Å². The van der Waals surface area contributed by atoms with Gasteiger partial charge in [-0.1, -0.05) is 13.8 Å². The van der Waals surface area contributed by atoms with Crippen LogP contribution in [0.1, 0.15) is 50.9 Å². The number of aryl methyl sites for hydroxylation is 1. The molecule has 0 aliphatic carbocycles. The van der Waals surface area contributed by atoms with Crippen molar-refractivity contribution >= 4 is 23.6 Å². The lowest BCUT2D eigenvalue weighted by Gasteiger charge is -2.48. The van der Waals surface area contributed by atoms with Crippen LogP contribution >= 0.6 is 11.8 Å². The number of piperidine rings is 2. The first-order chi connectivity index (χ1) is 12.9. The summed E-state index contributed by atoms with van der Waals surface area (Å²) in [5.41, 5.74) is 1.73. The molecule has 3 rings (SSSR count). The van der Waals surface area contributed by atoms with Crippen molar-refractivity contribution in [2.45, 2.75) is 58.2 Å². The second-order valence-corrected chi connectivity index (χ2v) is 9.74. The molecule has 1 spiro atoms. The Bertz CT molecular complexity index is 679. The van der Waals surface area contributed by atoms with Crippen molar-refractivity contribution in [1.29, 1.82) is 0 Å². The summed E-state index contributed by atoms with van der Waals surface area (Å²) >= 11 is 1.70. The van der Waals surface area contributed by atoms with Gasteiger partial charge in [0.25, 0.3) is 0 Å². The van der Waals surface area contributed by atoms with Gasteiger partial charge in [0.15, 0.2) is 0 Å². The van der Waals surface area contributed by atoms with Gasteiger partial charge in [0.05, 0.1) is 29.9 Å². The van der Waals surface area contributed by atoms with Crippen molar-refractivity contribution in [2.75, 3.05) is 25.4 Å². The summed E-state index contributed by atoms with van der Waals surface area (Å²) in [4.78, 5) is 37.7. The number of hydrogen-bond acceptors (Lipinski definition) is 5. The molecule has 2 aliphatic heterocycles. The largest absolute Gasteiger partial charge is 0.341 e. The minimum Gasteiger partial charge on any atom is -0.341 e. The Morgan fingerprint density at radius 3 is 2.78 bits per heavy atom. The summed E-state index contributed by atoms with van der Waals surface area (Å²) < 4.78 is 0. The van der Waals surface area contributed by atoms with E-state index in [1.54, 1.807) is 24.2 Å². The van der Waals surface area contributed by atoms with E-state index in [0.29, 0.717) is 30.5 Å². The lowest BCUT2D eigenvalue weighted by atomic mass is 9.73. The Morgan fingerprint density at radius 2 is 2.07 bits per heavy atom. The molecule has 148 valence electrons. The van der Waals surface area contributed by atoms with Crippen LogP contribution in [0.4, 0.5) is 0 Å². The minimum atomic E-state index is 0.0302. The average molecular weight is 391 g/mol. The van der Waals surface area contributed by atoms with E-state index in [2.05, 4.69) is 23.8 Å². The first-order valence-corrected chi connectivity index (χ1v) is 10.9. The molecule has 1 unspecified atom stereocenters. The molecule has 0 radical (unpaired) electrons. The maximum atomic E-state index is 12.6. The van der Waals surface area contributed by atoms with Crippen LogP contribution in [0.3, 0.4) is 0 Å². The molecule has 2 aliphatic rings. The fourth-order valence-electron chi connectivity index (χ4n) is 4.03. The van der Waals surface area contributed by atoms with Crippen LogP contribution in [-0.4, -0.2) is 62.2 Å². The highest BCUT2D eigenvalue weighted by molar-refractivity contribution is 8.00. The molecule has 1 atom stereocenters. The van der Waals surface area contributed by atoms with E-state index in [0.717, 1.165) is 43.7 Å². The molecule has 27 heavy (non-hydrogen) atoms. The Hall–Kier alpha value is -1.63. The number of amides is 2.